The summed E-state index contributed by atoms with van der Waals surface area (Å²) in [5, 5.41) is 4.97. The summed E-state index contributed by atoms with van der Waals surface area (Å²) in [6, 6.07) is 5.93. The third kappa shape index (κ3) is 9.72. The summed E-state index contributed by atoms with van der Waals surface area (Å²) >= 11 is 4.81. The number of hydrogen-bond acceptors (Lipinski definition) is 6. The van der Waals surface area contributed by atoms with Gasteiger partial charge in [-0.3, -0.25) is 19.2 Å². The van der Waals surface area contributed by atoms with Gasteiger partial charge in [0.15, 0.2) is 0 Å². The molecular formula is C17H24BrN5O4S. The molecular weight excluding hydrogens is 450 g/mol. The molecule has 0 saturated carbocycles. The summed E-state index contributed by atoms with van der Waals surface area (Å²) in [5.74, 6) is -1.43. The van der Waals surface area contributed by atoms with Gasteiger partial charge in [-0.2, -0.15) is 11.8 Å². The molecule has 11 heteroatoms. The van der Waals surface area contributed by atoms with E-state index >= 15 is 0 Å². The number of primary amides is 2. The second-order valence-corrected chi connectivity index (χ2v) is 7.94. The summed E-state index contributed by atoms with van der Waals surface area (Å²) in [4.78, 5) is 46.2. The first-order chi connectivity index (χ1) is 13.2. The second-order valence-electron chi connectivity index (χ2n) is 5.99. The number of rotatable bonds is 12. The van der Waals surface area contributed by atoms with Crippen LogP contribution < -0.4 is 27.8 Å². The maximum Gasteiger partial charge on any atom is 0.243 e. The van der Waals surface area contributed by atoms with E-state index in [0.29, 0.717) is 5.75 Å². The Morgan fingerprint density at radius 1 is 1.11 bits per heavy atom. The van der Waals surface area contributed by atoms with Crippen LogP contribution in [0.15, 0.2) is 28.7 Å². The highest BCUT2D eigenvalue weighted by molar-refractivity contribution is 9.10. The van der Waals surface area contributed by atoms with Gasteiger partial charge in [0.05, 0.1) is 12.6 Å². The van der Waals surface area contributed by atoms with E-state index in [-0.39, 0.29) is 25.1 Å². The van der Waals surface area contributed by atoms with E-state index in [9.17, 15) is 19.2 Å². The number of nitrogens with two attached hydrogens (primary N) is 3. The molecule has 9 nitrogen and oxygen atoms in total. The quantitative estimate of drug-likeness (QED) is 0.270. The molecule has 8 N–H and O–H groups in total. The van der Waals surface area contributed by atoms with E-state index in [1.165, 1.54) is 11.8 Å². The summed E-state index contributed by atoms with van der Waals surface area (Å²) in [7, 11) is 0. The van der Waals surface area contributed by atoms with Gasteiger partial charge >= 0.3 is 0 Å². The van der Waals surface area contributed by atoms with Crippen LogP contribution in [0.2, 0.25) is 0 Å². The Morgan fingerprint density at radius 3 is 2.32 bits per heavy atom. The molecule has 2 unspecified atom stereocenters. The molecule has 154 valence electrons. The Labute approximate surface area is 175 Å². The average molecular weight is 474 g/mol. The summed E-state index contributed by atoms with van der Waals surface area (Å²) in [5.41, 5.74) is 16.6. The second kappa shape index (κ2) is 12.4. The zero-order valence-electron chi connectivity index (χ0n) is 15.2. The lowest BCUT2D eigenvalue weighted by atomic mass is 10.1. The fourth-order valence-electron chi connectivity index (χ4n) is 2.05. The molecule has 0 fully saturated rings. The van der Waals surface area contributed by atoms with Crippen LogP contribution in [0.5, 0.6) is 0 Å². The van der Waals surface area contributed by atoms with Crippen LogP contribution in [0, 0.1) is 0 Å². The molecule has 1 aromatic rings. The van der Waals surface area contributed by atoms with E-state index in [0.717, 1.165) is 10.0 Å². The van der Waals surface area contributed by atoms with Crippen molar-refractivity contribution in [1.29, 1.82) is 0 Å². The van der Waals surface area contributed by atoms with Gasteiger partial charge in [0, 0.05) is 22.4 Å². The number of carbonyl (C=O) groups is 4. The lowest BCUT2D eigenvalue weighted by Crippen LogP contribution is -2.50. The van der Waals surface area contributed by atoms with Crippen LogP contribution in [-0.2, 0) is 24.9 Å². The molecule has 0 aliphatic rings. The molecule has 0 heterocycles. The minimum atomic E-state index is -0.931. The molecule has 0 radical (unpaired) electrons. The van der Waals surface area contributed by atoms with Crippen LogP contribution in [0.3, 0.4) is 0 Å². The van der Waals surface area contributed by atoms with Crippen molar-refractivity contribution in [3.63, 3.8) is 0 Å². The molecule has 1 aromatic carbocycles. The van der Waals surface area contributed by atoms with Crippen molar-refractivity contribution in [2.45, 2.75) is 30.7 Å². The molecule has 1 rings (SSSR count). The highest BCUT2D eigenvalue weighted by Crippen LogP contribution is 2.16. The fraction of sp³-hybridized carbons (Fsp3) is 0.412. The summed E-state index contributed by atoms with van der Waals surface area (Å²) in [6.45, 7) is -0.324. The van der Waals surface area contributed by atoms with Crippen molar-refractivity contribution in [2.24, 2.45) is 17.2 Å². The summed E-state index contributed by atoms with van der Waals surface area (Å²) in [6.07, 6.45) is 0.0178. The van der Waals surface area contributed by atoms with Gasteiger partial charge in [0.1, 0.15) is 6.04 Å². The van der Waals surface area contributed by atoms with Crippen molar-refractivity contribution in [1.82, 2.24) is 10.6 Å². The van der Waals surface area contributed by atoms with Gasteiger partial charge in [-0.25, -0.2) is 0 Å². The molecule has 0 aliphatic carbocycles. The zero-order chi connectivity index (χ0) is 21.1. The van der Waals surface area contributed by atoms with Gasteiger partial charge in [-0.05, 0) is 24.1 Å². The molecule has 0 bridgehead atoms. The highest BCUT2D eigenvalue weighted by Gasteiger charge is 2.22. The van der Waals surface area contributed by atoms with Crippen molar-refractivity contribution < 1.29 is 19.2 Å². The molecule has 0 aliphatic heterocycles. The van der Waals surface area contributed by atoms with Crippen LogP contribution in [-0.4, -0.2) is 48.0 Å². The van der Waals surface area contributed by atoms with Crippen molar-refractivity contribution in [3.05, 3.63) is 34.3 Å². The van der Waals surface area contributed by atoms with Crippen molar-refractivity contribution in [3.8, 4) is 0 Å². The predicted molar refractivity (Wildman–Crippen MR) is 111 cm³/mol. The van der Waals surface area contributed by atoms with Gasteiger partial charge in [-0.1, -0.05) is 28.1 Å². The first-order valence-corrected chi connectivity index (χ1v) is 10.4. The number of carbonyl (C=O) groups excluding carboxylic acids is 4. The van der Waals surface area contributed by atoms with Crippen molar-refractivity contribution >= 4 is 51.3 Å². The summed E-state index contributed by atoms with van der Waals surface area (Å²) < 4.78 is 0.964. The predicted octanol–water partition coefficient (Wildman–Crippen LogP) is -0.639. The zero-order valence-corrected chi connectivity index (χ0v) is 17.6. The average Bonchev–Trinajstić information content (AvgIpc) is 2.64. The number of thioether (sulfide) groups is 1. The number of hydrogen-bond donors (Lipinski definition) is 5. The largest absolute Gasteiger partial charge is 0.368 e. The van der Waals surface area contributed by atoms with E-state index in [1.54, 1.807) is 0 Å². The van der Waals surface area contributed by atoms with E-state index in [4.69, 9.17) is 17.2 Å². The van der Waals surface area contributed by atoms with E-state index in [2.05, 4.69) is 26.6 Å². The number of benzene rings is 1. The Kier molecular flexibility index (Phi) is 10.6. The molecule has 28 heavy (non-hydrogen) atoms. The van der Waals surface area contributed by atoms with E-state index < -0.39 is 35.7 Å². The Bertz CT molecular complexity index is 701. The molecule has 2 atom stereocenters. The minimum absolute atomic E-state index is 0.0545. The first kappa shape index (κ1) is 23.9. The van der Waals surface area contributed by atoms with Gasteiger partial charge < -0.3 is 27.8 Å². The van der Waals surface area contributed by atoms with E-state index in [1.807, 2.05) is 24.3 Å². The van der Waals surface area contributed by atoms with Gasteiger partial charge in [0.2, 0.25) is 23.6 Å². The van der Waals surface area contributed by atoms with Crippen LogP contribution in [0.1, 0.15) is 18.4 Å². The van der Waals surface area contributed by atoms with Gasteiger partial charge in [0.25, 0.3) is 0 Å². The number of amides is 4. The normalized spacial score (nSPS) is 12.6. The Morgan fingerprint density at radius 2 is 1.75 bits per heavy atom. The lowest BCUT2D eigenvalue weighted by Gasteiger charge is -2.18. The smallest absolute Gasteiger partial charge is 0.243 e. The Hall–Kier alpha value is -2.11. The fourth-order valence-corrected chi connectivity index (χ4v) is 3.33. The highest BCUT2D eigenvalue weighted by atomic mass is 79.9. The Balaban J connectivity index is 2.60. The van der Waals surface area contributed by atoms with Crippen LogP contribution >= 0.6 is 27.7 Å². The molecule has 0 aromatic heterocycles. The molecule has 0 spiro atoms. The standard InChI is InChI=1S/C17H24BrN5O4S/c18-11-3-1-10(2-4-11)8-28-9-13(17(27)22-7-14(20)24)23-15(25)6-5-12(19)16(21)26/h1-4,12-13H,5-9,19H2,(H2,20,24)(H2,21,26)(H,22,27)(H,23,25). The molecule has 4 amide bonds. The first-order valence-electron chi connectivity index (χ1n) is 8.41. The van der Waals surface area contributed by atoms with Crippen molar-refractivity contribution in [2.75, 3.05) is 12.3 Å². The minimum Gasteiger partial charge on any atom is -0.368 e. The van der Waals surface area contributed by atoms with Gasteiger partial charge in [-0.15, -0.1) is 0 Å². The maximum atomic E-state index is 12.3. The third-order valence-corrected chi connectivity index (χ3v) is 5.24. The topological polar surface area (TPSA) is 170 Å². The van der Waals surface area contributed by atoms with Crippen LogP contribution in [0.4, 0.5) is 0 Å². The number of nitrogens with one attached hydrogen (secondary N) is 2. The maximum absolute atomic E-state index is 12.3. The van der Waals surface area contributed by atoms with Crippen LogP contribution in [0.25, 0.3) is 0 Å². The monoisotopic (exact) mass is 473 g/mol. The SMILES string of the molecule is NC(=O)CNC(=O)C(CSCc1ccc(Br)cc1)NC(=O)CCC(N)C(N)=O. The molecule has 0 saturated heterocycles. The third-order valence-electron chi connectivity index (χ3n) is 3.60. The lowest BCUT2D eigenvalue weighted by molar-refractivity contribution is -0.129. The number of halogens is 1.